The Morgan fingerprint density at radius 1 is 1.24 bits per heavy atom. The summed E-state index contributed by atoms with van der Waals surface area (Å²) in [7, 11) is 0. The highest BCUT2D eigenvalue weighted by atomic mass is 32.2. The highest BCUT2D eigenvalue weighted by Crippen LogP contribution is 2.25. The normalized spacial score (nSPS) is 15.3. The van der Waals surface area contributed by atoms with Crippen LogP contribution in [0.2, 0.25) is 0 Å². The number of halogens is 1. The van der Waals surface area contributed by atoms with Crippen LogP contribution in [0.3, 0.4) is 0 Å². The number of carbonyl (C=O) groups is 1. The lowest BCUT2D eigenvalue weighted by molar-refractivity contribution is -0.121. The molecule has 1 unspecified atom stereocenters. The number of thioether (sulfide) groups is 1. The van der Waals surface area contributed by atoms with Gasteiger partial charge in [-0.25, -0.2) is 4.39 Å². The van der Waals surface area contributed by atoms with Gasteiger partial charge in [-0.3, -0.25) is 4.79 Å². The van der Waals surface area contributed by atoms with E-state index in [1.165, 1.54) is 23.9 Å². The van der Waals surface area contributed by atoms with Crippen molar-refractivity contribution in [2.24, 2.45) is 0 Å². The van der Waals surface area contributed by atoms with Gasteiger partial charge < -0.3 is 24.5 Å². The predicted octanol–water partition coefficient (Wildman–Crippen LogP) is 3.59. The number of benzene rings is 1. The lowest BCUT2D eigenvalue weighted by atomic mass is 10.2. The fourth-order valence-corrected chi connectivity index (χ4v) is 3.87. The maximum atomic E-state index is 13.1. The van der Waals surface area contributed by atoms with Gasteiger partial charge in [-0.2, -0.15) is 12.6 Å². The first-order chi connectivity index (χ1) is 16.5. The summed E-state index contributed by atoms with van der Waals surface area (Å²) in [5, 5.41) is 14.7. The second kappa shape index (κ2) is 14.0. The first-order valence-electron chi connectivity index (χ1n) is 11.0. The molecule has 0 bridgehead atoms. The van der Waals surface area contributed by atoms with Crippen molar-refractivity contribution in [3.63, 3.8) is 0 Å². The van der Waals surface area contributed by atoms with Crippen LogP contribution in [-0.4, -0.2) is 60.0 Å². The topological polar surface area (TPSA) is 98.5 Å². The SMILES string of the molecule is CC1NC(CSc2nnc(-c3ccc(F)cc3)o2)=CC=C1OCCCC(=O)NCCOCCS. The molecule has 0 spiro atoms. The number of dihydropyridines is 1. The van der Waals surface area contributed by atoms with Gasteiger partial charge in [-0.05, 0) is 49.8 Å². The van der Waals surface area contributed by atoms with Crippen molar-refractivity contribution in [1.82, 2.24) is 20.8 Å². The number of aromatic nitrogens is 2. The van der Waals surface area contributed by atoms with Crippen LogP contribution in [-0.2, 0) is 14.3 Å². The number of thiol groups is 1. The molecular formula is C23H29FN4O4S2. The summed E-state index contributed by atoms with van der Waals surface area (Å²) in [6.45, 7) is 4.06. The summed E-state index contributed by atoms with van der Waals surface area (Å²) in [6, 6.07) is 5.92. The quantitative estimate of drug-likeness (QED) is 0.202. The minimum atomic E-state index is -0.314. The second-order valence-corrected chi connectivity index (χ2v) is 8.81. The third-order valence-electron chi connectivity index (χ3n) is 4.75. The van der Waals surface area contributed by atoms with E-state index in [1.807, 2.05) is 19.1 Å². The molecule has 1 aromatic carbocycles. The molecule has 0 saturated heterocycles. The largest absolute Gasteiger partial charge is 0.496 e. The number of nitrogens with zero attached hydrogens (tertiary/aromatic N) is 2. The summed E-state index contributed by atoms with van der Waals surface area (Å²) in [6.07, 6.45) is 4.93. The highest BCUT2D eigenvalue weighted by Gasteiger charge is 2.17. The Morgan fingerprint density at radius 2 is 2.06 bits per heavy atom. The Kier molecular flexibility index (Phi) is 10.8. The Bertz CT molecular complexity index is 982. The number of rotatable bonds is 14. The summed E-state index contributed by atoms with van der Waals surface area (Å²) < 4.78 is 29.8. The zero-order valence-corrected chi connectivity index (χ0v) is 20.7. The number of amides is 1. The lowest BCUT2D eigenvalue weighted by Crippen LogP contribution is -2.32. The Hall–Kier alpha value is -2.50. The number of nitrogens with one attached hydrogen (secondary N) is 2. The van der Waals surface area contributed by atoms with E-state index in [1.54, 1.807) is 12.1 Å². The van der Waals surface area contributed by atoms with Crippen LogP contribution in [0.5, 0.6) is 0 Å². The Balaban J connectivity index is 1.36. The van der Waals surface area contributed by atoms with Gasteiger partial charge in [0.2, 0.25) is 11.8 Å². The molecule has 1 aromatic heterocycles. The minimum absolute atomic E-state index is 0.00955. The van der Waals surface area contributed by atoms with E-state index in [2.05, 4.69) is 33.5 Å². The molecule has 11 heteroatoms. The number of allylic oxidation sites excluding steroid dienone is 2. The average molecular weight is 509 g/mol. The molecule has 2 aromatic rings. The third-order valence-corrected chi connectivity index (χ3v) is 5.80. The third kappa shape index (κ3) is 8.69. The molecule has 184 valence electrons. The van der Waals surface area contributed by atoms with Gasteiger partial charge >= 0.3 is 0 Å². The zero-order valence-electron chi connectivity index (χ0n) is 19.0. The maximum absolute atomic E-state index is 13.1. The van der Waals surface area contributed by atoms with Gasteiger partial charge in [-0.15, -0.1) is 10.2 Å². The van der Waals surface area contributed by atoms with Crippen LogP contribution >= 0.6 is 24.4 Å². The first kappa shape index (κ1) is 26.1. The van der Waals surface area contributed by atoms with Crippen molar-refractivity contribution in [3.8, 4) is 11.5 Å². The van der Waals surface area contributed by atoms with Crippen LogP contribution < -0.4 is 10.6 Å². The first-order valence-corrected chi connectivity index (χ1v) is 12.6. The fraction of sp³-hybridized carbons (Fsp3) is 0.435. The van der Waals surface area contributed by atoms with E-state index < -0.39 is 0 Å². The average Bonchev–Trinajstić information content (AvgIpc) is 3.31. The summed E-state index contributed by atoms with van der Waals surface area (Å²) in [5.74, 6) is 2.15. The summed E-state index contributed by atoms with van der Waals surface area (Å²) >= 11 is 5.47. The van der Waals surface area contributed by atoms with Crippen molar-refractivity contribution in [1.29, 1.82) is 0 Å². The van der Waals surface area contributed by atoms with Gasteiger partial charge in [0, 0.05) is 35.7 Å². The molecular weight excluding hydrogens is 479 g/mol. The van der Waals surface area contributed by atoms with Crippen molar-refractivity contribution in [2.75, 3.05) is 37.9 Å². The van der Waals surface area contributed by atoms with Crippen molar-refractivity contribution >= 4 is 30.3 Å². The van der Waals surface area contributed by atoms with Gasteiger partial charge in [0.1, 0.15) is 11.6 Å². The van der Waals surface area contributed by atoms with Gasteiger partial charge in [0.25, 0.3) is 5.22 Å². The monoisotopic (exact) mass is 508 g/mol. The Morgan fingerprint density at radius 3 is 2.82 bits per heavy atom. The molecule has 1 aliphatic rings. The van der Waals surface area contributed by atoms with Crippen LogP contribution in [0.1, 0.15) is 19.8 Å². The van der Waals surface area contributed by atoms with Crippen molar-refractivity contribution in [2.45, 2.75) is 31.0 Å². The maximum Gasteiger partial charge on any atom is 0.277 e. The fourth-order valence-electron chi connectivity index (χ4n) is 3.04. The number of hydrogen-bond donors (Lipinski definition) is 3. The van der Waals surface area contributed by atoms with Crippen LogP contribution in [0, 0.1) is 5.82 Å². The molecule has 0 aliphatic carbocycles. The van der Waals surface area contributed by atoms with Crippen molar-refractivity contribution in [3.05, 3.63) is 53.7 Å². The number of ether oxygens (including phenoxy) is 2. The lowest BCUT2D eigenvalue weighted by Gasteiger charge is -2.24. The molecule has 2 heterocycles. The Labute approximate surface area is 208 Å². The van der Waals surface area contributed by atoms with Gasteiger partial charge in [0.05, 0.1) is 25.9 Å². The van der Waals surface area contributed by atoms with Crippen LogP contribution in [0.25, 0.3) is 11.5 Å². The van der Waals surface area contributed by atoms with E-state index in [0.29, 0.717) is 67.4 Å². The van der Waals surface area contributed by atoms with E-state index in [9.17, 15) is 9.18 Å². The number of hydrogen-bond acceptors (Lipinski definition) is 9. The molecule has 1 atom stereocenters. The minimum Gasteiger partial charge on any atom is -0.496 e. The van der Waals surface area contributed by atoms with E-state index in [4.69, 9.17) is 13.9 Å². The molecule has 3 rings (SSSR count). The van der Waals surface area contributed by atoms with E-state index >= 15 is 0 Å². The molecule has 8 nitrogen and oxygen atoms in total. The molecule has 0 fully saturated rings. The standard InChI is InChI=1S/C23H29FN4O4S2/c1-16-20(31-11-2-3-21(29)25-10-12-30-13-14-33)9-8-19(26-16)15-34-23-28-27-22(32-23)17-4-6-18(24)7-5-17/h4-9,16,26,33H,2-3,10-15H2,1H3,(H,25,29). The van der Waals surface area contributed by atoms with Crippen molar-refractivity contribution < 1.29 is 23.1 Å². The molecule has 34 heavy (non-hydrogen) atoms. The molecule has 1 aliphatic heterocycles. The van der Waals surface area contributed by atoms with Gasteiger partial charge in [0.15, 0.2) is 0 Å². The summed E-state index contributed by atoms with van der Waals surface area (Å²) in [4.78, 5) is 11.8. The second-order valence-electron chi connectivity index (χ2n) is 7.43. The van der Waals surface area contributed by atoms with Crippen LogP contribution in [0.15, 0.2) is 57.5 Å². The molecule has 1 amide bonds. The molecule has 2 N–H and O–H groups in total. The molecule has 0 radical (unpaired) electrons. The van der Waals surface area contributed by atoms with E-state index in [-0.39, 0.29) is 17.8 Å². The smallest absolute Gasteiger partial charge is 0.277 e. The molecule has 0 saturated carbocycles. The highest BCUT2D eigenvalue weighted by molar-refractivity contribution is 7.99. The van der Waals surface area contributed by atoms with Gasteiger partial charge in [-0.1, -0.05) is 11.8 Å². The van der Waals surface area contributed by atoms with Crippen LogP contribution in [0.4, 0.5) is 4.39 Å². The predicted molar refractivity (Wildman–Crippen MR) is 132 cm³/mol. The van der Waals surface area contributed by atoms with E-state index in [0.717, 1.165) is 11.5 Å². The summed E-state index contributed by atoms with van der Waals surface area (Å²) in [5.41, 5.74) is 1.68. The zero-order chi connectivity index (χ0) is 24.2. The number of carbonyl (C=O) groups excluding carboxylic acids is 1.